The number of benzene rings is 2. The van der Waals surface area contributed by atoms with E-state index in [1.807, 2.05) is 26.0 Å². The monoisotopic (exact) mass is 355 g/mol. The second kappa shape index (κ2) is 9.04. The number of hydrogen-bond acceptors (Lipinski definition) is 4. The number of carbonyl (C=O) groups is 2. The van der Waals surface area contributed by atoms with E-state index in [-0.39, 0.29) is 18.3 Å². The number of Topliss-reactive ketones (excluding diaryl/α,β-unsaturated/α-hetero) is 1. The van der Waals surface area contributed by atoms with Gasteiger partial charge in [-0.2, -0.15) is 0 Å². The van der Waals surface area contributed by atoms with Gasteiger partial charge in [0.15, 0.2) is 12.4 Å². The van der Waals surface area contributed by atoms with Gasteiger partial charge in [0.25, 0.3) is 5.91 Å². The van der Waals surface area contributed by atoms with Gasteiger partial charge >= 0.3 is 0 Å². The molecule has 2 aromatic carbocycles. The van der Waals surface area contributed by atoms with Crippen LogP contribution in [-0.4, -0.2) is 42.9 Å². The molecule has 0 radical (unpaired) electrons. The minimum absolute atomic E-state index is 0.0954. The first-order chi connectivity index (χ1) is 12.4. The normalized spacial score (nSPS) is 11.5. The van der Waals surface area contributed by atoms with Gasteiger partial charge in [-0.05, 0) is 45.0 Å². The van der Waals surface area contributed by atoms with Crippen LogP contribution in [0.15, 0.2) is 48.5 Å². The van der Waals surface area contributed by atoms with Crippen LogP contribution in [0.3, 0.4) is 0 Å². The zero-order valence-corrected chi connectivity index (χ0v) is 15.7. The van der Waals surface area contributed by atoms with Gasteiger partial charge in [0, 0.05) is 12.6 Å². The Hall–Kier alpha value is -2.82. The summed E-state index contributed by atoms with van der Waals surface area (Å²) in [5, 5.41) is 0. The summed E-state index contributed by atoms with van der Waals surface area (Å²) in [5.41, 5.74) is 1.68. The molecule has 0 fully saturated rings. The van der Waals surface area contributed by atoms with Gasteiger partial charge < -0.3 is 14.4 Å². The summed E-state index contributed by atoms with van der Waals surface area (Å²) in [6.07, 6.45) is 0. The molecule has 1 unspecified atom stereocenters. The van der Waals surface area contributed by atoms with Gasteiger partial charge in [0.1, 0.15) is 11.5 Å². The molecule has 138 valence electrons. The van der Waals surface area contributed by atoms with E-state index in [2.05, 4.69) is 0 Å². The summed E-state index contributed by atoms with van der Waals surface area (Å²) in [4.78, 5) is 26.3. The predicted molar refractivity (Wildman–Crippen MR) is 101 cm³/mol. The van der Waals surface area contributed by atoms with Crippen molar-refractivity contribution in [1.82, 2.24) is 4.90 Å². The van der Waals surface area contributed by atoms with E-state index >= 15 is 0 Å². The summed E-state index contributed by atoms with van der Waals surface area (Å²) in [6, 6.07) is 13.8. The number of likely N-dealkylation sites (N-methyl/N-ethyl adjacent to an activating group) is 1. The number of ether oxygens (including phenoxy) is 2. The Kier molecular flexibility index (Phi) is 6.78. The van der Waals surface area contributed by atoms with Crippen molar-refractivity contribution < 1.29 is 19.1 Å². The Balaban J connectivity index is 1.91. The minimum Gasteiger partial charge on any atom is -0.494 e. The third-order valence-corrected chi connectivity index (χ3v) is 4.19. The highest BCUT2D eigenvalue weighted by atomic mass is 16.5. The molecule has 5 nitrogen and oxygen atoms in total. The van der Waals surface area contributed by atoms with Crippen molar-refractivity contribution in [3.05, 3.63) is 59.7 Å². The molecule has 1 atom stereocenters. The first kappa shape index (κ1) is 19.5. The molecule has 0 heterocycles. The zero-order valence-electron chi connectivity index (χ0n) is 15.7. The first-order valence-corrected chi connectivity index (χ1v) is 8.64. The summed E-state index contributed by atoms with van der Waals surface area (Å²) in [6.45, 7) is 6.06. The van der Waals surface area contributed by atoms with Gasteiger partial charge in [-0.1, -0.05) is 29.8 Å². The molecular formula is C21H25NO4. The Morgan fingerprint density at radius 3 is 2.04 bits per heavy atom. The van der Waals surface area contributed by atoms with Crippen LogP contribution in [0.2, 0.25) is 0 Å². The quantitative estimate of drug-likeness (QED) is 0.680. The van der Waals surface area contributed by atoms with Crippen LogP contribution in [-0.2, 0) is 4.79 Å². The predicted octanol–water partition coefficient (Wildman–Crippen LogP) is 3.50. The number of amides is 1. The van der Waals surface area contributed by atoms with E-state index in [4.69, 9.17) is 9.47 Å². The number of nitrogens with zero attached hydrogens (tertiary/aromatic N) is 1. The highest BCUT2D eigenvalue weighted by molar-refractivity contribution is 6.01. The highest BCUT2D eigenvalue weighted by Gasteiger charge is 2.23. The van der Waals surface area contributed by atoms with E-state index in [0.29, 0.717) is 17.9 Å². The molecule has 2 rings (SSSR count). The highest BCUT2D eigenvalue weighted by Crippen LogP contribution is 2.17. The maximum atomic E-state index is 12.5. The Bertz CT molecular complexity index is 738. The lowest BCUT2D eigenvalue weighted by Crippen LogP contribution is -2.42. The Morgan fingerprint density at radius 1 is 0.962 bits per heavy atom. The smallest absolute Gasteiger partial charge is 0.260 e. The fourth-order valence-electron chi connectivity index (χ4n) is 2.40. The van der Waals surface area contributed by atoms with Gasteiger partial charge in [0.2, 0.25) is 0 Å². The average Bonchev–Trinajstić information content (AvgIpc) is 2.66. The largest absolute Gasteiger partial charge is 0.494 e. The lowest BCUT2D eigenvalue weighted by atomic mass is 10.0. The Labute approximate surface area is 154 Å². The summed E-state index contributed by atoms with van der Waals surface area (Å²) in [5.74, 6) is 0.974. The van der Waals surface area contributed by atoms with Gasteiger partial charge in [-0.15, -0.1) is 0 Å². The molecule has 0 aliphatic rings. The van der Waals surface area contributed by atoms with Crippen molar-refractivity contribution in [3.8, 4) is 11.5 Å². The molecule has 0 spiro atoms. The van der Waals surface area contributed by atoms with E-state index < -0.39 is 6.04 Å². The molecule has 5 heteroatoms. The van der Waals surface area contributed by atoms with Crippen molar-refractivity contribution in [2.75, 3.05) is 20.3 Å². The van der Waals surface area contributed by atoms with Crippen molar-refractivity contribution in [1.29, 1.82) is 0 Å². The van der Waals surface area contributed by atoms with Gasteiger partial charge in [0.05, 0.1) is 12.6 Å². The molecule has 2 aromatic rings. The molecular weight excluding hydrogens is 330 g/mol. The minimum atomic E-state index is -0.561. The third-order valence-electron chi connectivity index (χ3n) is 4.19. The number of rotatable bonds is 8. The summed E-state index contributed by atoms with van der Waals surface area (Å²) >= 11 is 0. The zero-order chi connectivity index (χ0) is 19.1. The summed E-state index contributed by atoms with van der Waals surface area (Å²) in [7, 11) is 1.61. The van der Waals surface area contributed by atoms with E-state index in [1.54, 1.807) is 50.4 Å². The second-order valence-electron chi connectivity index (χ2n) is 6.10. The number of carbonyl (C=O) groups excluding carboxylic acids is 2. The van der Waals surface area contributed by atoms with Gasteiger partial charge in [-0.25, -0.2) is 0 Å². The van der Waals surface area contributed by atoms with Crippen LogP contribution in [0.4, 0.5) is 0 Å². The molecule has 0 aliphatic carbocycles. The van der Waals surface area contributed by atoms with Crippen LogP contribution in [0.1, 0.15) is 29.8 Å². The van der Waals surface area contributed by atoms with Crippen molar-refractivity contribution in [2.45, 2.75) is 26.8 Å². The molecule has 0 bridgehead atoms. The number of hydrogen-bond donors (Lipinski definition) is 0. The van der Waals surface area contributed by atoms with Crippen LogP contribution >= 0.6 is 0 Å². The summed E-state index contributed by atoms with van der Waals surface area (Å²) < 4.78 is 10.9. The van der Waals surface area contributed by atoms with Gasteiger partial charge in [-0.3, -0.25) is 9.59 Å². The molecule has 1 amide bonds. The fraction of sp³-hybridized carbons (Fsp3) is 0.333. The second-order valence-corrected chi connectivity index (χ2v) is 6.10. The fourth-order valence-corrected chi connectivity index (χ4v) is 2.40. The van der Waals surface area contributed by atoms with Crippen molar-refractivity contribution >= 4 is 11.7 Å². The molecule has 0 saturated heterocycles. The topological polar surface area (TPSA) is 55.8 Å². The lowest BCUT2D eigenvalue weighted by Gasteiger charge is -2.24. The molecule has 0 saturated carbocycles. The molecule has 26 heavy (non-hydrogen) atoms. The van der Waals surface area contributed by atoms with Crippen LogP contribution in [0, 0.1) is 6.92 Å². The average molecular weight is 355 g/mol. The molecule has 0 N–H and O–H groups in total. The van der Waals surface area contributed by atoms with Crippen LogP contribution < -0.4 is 9.47 Å². The lowest BCUT2D eigenvalue weighted by molar-refractivity contribution is -0.133. The Morgan fingerprint density at radius 2 is 1.50 bits per heavy atom. The SMILES string of the molecule is CCOc1ccc(OCC(=O)N(C)C(C)C(=O)c2ccc(C)cc2)cc1. The first-order valence-electron chi connectivity index (χ1n) is 8.64. The standard InChI is InChI=1S/C21H25NO4/c1-5-25-18-10-12-19(13-11-18)26-14-20(23)22(4)16(3)21(24)17-8-6-15(2)7-9-17/h6-13,16H,5,14H2,1-4H3. The number of aryl methyl sites for hydroxylation is 1. The van der Waals surface area contributed by atoms with E-state index in [1.165, 1.54) is 4.90 Å². The van der Waals surface area contributed by atoms with E-state index in [9.17, 15) is 9.59 Å². The molecule has 0 aliphatic heterocycles. The van der Waals surface area contributed by atoms with Crippen LogP contribution in [0.5, 0.6) is 11.5 Å². The van der Waals surface area contributed by atoms with E-state index in [0.717, 1.165) is 11.3 Å². The third kappa shape index (κ3) is 5.09. The van der Waals surface area contributed by atoms with Crippen LogP contribution in [0.25, 0.3) is 0 Å². The molecule has 0 aromatic heterocycles. The maximum Gasteiger partial charge on any atom is 0.260 e. The number of ketones is 1. The maximum absolute atomic E-state index is 12.5. The van der Waals surface area contributed by atoms with Crippen molar-refractivity contribution in [2.24, 2.45) is 0 Å². The van der Waals surface area contributed by atoms with Crippen molar-refractivity contribution in [3.63, 3.8) is 0 Å².